The van der Waals surface area contributed by atoms with Crippen molar-refractivity contribution in [3.8, 4) is 0 Å². The standard InChI is InChI=1S/C14H23BrN4O/c1-3-16-12-11(15)13(19-9-18-12)17-8-14(20)6-4-5-10(2)7-14/h9-10,20H,3-8H2,1-2H3,(H2,16,17,18,19). The first kappa shape index (κ1) is 15.5. The maximum Gasteiger partial charge on any atom is 0.146 e. The Hall–Kier alpha value is -0.880. The van der Waals surface area contributed by atoms with Crippen molar-refractivity contribution >= 4 is 27.6 Å². The van der Waals surface area contributed by atoms with E-state index < -0.39 is 5.60 Å². The van der Waals surface area contributed by atoms with Crippen molar-refractivity contribution < 1.29 is 5.11 Å². The van der Waals surface area contributed by atoms with E-state index in [1.807, 2.05) is 6.92 Å². The molecule has 0 aliphatic heterocycles. The van der Waals surface area contributed by atoms with Gasteiger partial charge in [-0.15, -0.1) is 0 Å². The van der Waals surface area contributed by atoms with Gasteiger partial charge in [0.15, 0.2) is 0 Å². The number of nitrogens with one attached hydrogen (secondary N) is 2. The van der Waals surface area contributed by atoms with Crippen LogP contribution in [0.1, 0.15) is 39.5 Å². The SMILES string of the molecule is CCNc1ncnc(NCC2(O)CCCC(C)C2)c1Br. The van der Waals surface area contributed by atoms with E-state index >= 15 is 0 Å². The van der Waals surface area contributed by atoms with Gasteiger partial charge in [-0.2, -0.15) is 0 Å². The number of nitrogens with zero attached hydrogens (tertiary/aromatic N) is 2. The summed E-state index contributed by atoms with van der Waals surface area (Å²) in [6.07, 6.45) is 5.53. The average molecular weight is 343 g/mol. The van der Waals surface area contributed by atoms with Gasteiger partial charge >= 0.3 is 0 Å². The van der Waals surface area contributed by atoms with Crippen molar-refractivity contribution in [3.63, 3.8) is 0 Å². The lowest BCUT2D eigenvalue weighted by Gasteiger charge is -2.35. The molecule has 2 unspecified atom stereocenters. The van der Waals surface area contributed by atoms with Crippen molar-refractivity contribution in [2.24, 2.45) is 5.92 Å². The monoisotopic (exact) mass is 342 g/mol. The summed E-state index contributed by atoms with van der Waals surface area (Å²) in [5.41, 5.74) is -0.625. The molecule has 0 bridgehead atoms. The third-order valence-corrected chi connectivity index (χ3v) is 4.54. The van der Waals surface area contributed by atoms with Gasteiger partial charge in [0.2, 0.25) is 0 Å². The topological polar surface area (TPSA) is 70.1 Å². The molecule has 1 aliphatic carbocycles. The summed E-state index contributed by atoms with van der Waals surface area (Å²) in [5, 5.41) is 17.1. The molecular weight excluding hydrogens is 320 g/mol. The molecule has 0 spiro atoms. The summed E-state index contributed by atoms with van der Waals surface area (Å²) < 4.78 is 0.814. The minimum atomic E-state index is -0.625. The molecule has 1 fully saturated rings. The highest BCUT2D eigenvalue weighted by molar-refractivity contribution is 9.10. The van der Waals surface area contributed by atoms with Gasteiger partial charge in [-0.05, 0) is 41.6 Å². The van der Waals surface area contributed by atoms with Crippen LogP contribution in [0.15, 0.2) is 10.8 Å². The number of aromatic nitrogens is 2. The maximum absolute atomic E-state index is 10.6. The molecule has 2 atom stereocenters. The largest absolute Gasteiger partial charge is 0.388 e. The molecule has 0 aromatic carbocycles. The molecule has 1 heterocycles. The first-order valence-corrected chi connectivity index (χ1v) is 8.04. The van der Waals surface area contributed by atoms with E-state index in [0.29, 0.717) is 12.5 Å². The van der Waals surface area contributed by atoms with Gasteiger partial charge in [0.1, 0.15) is 22.4 Å². The van der Waals surface area contributed by atoms with Crippen LogP contribution in [0.4, 0.5) is 11.6 Å². The molecule has 0 radical (unpaired) electrons. The molecule has 0 amide bonds. The lowest BCUT2D eigenvalue weighted by molar-refractivity contribution is -0.000838. The fourth-order valence-electron chi connectivity index (χ4n) is 2.82. The van der Waals surface area contributed by atoms with Crippen molar-refractivity contribution in [1.82, 2.24) is 9.97 Å². The second-order valence-corrected chi connectivity index (χ2v) is 6.49. The minimum Gasteiger partial charge on any atom is -0.388 e. The Bertz CT molecular complexity index is 457. The number of rotatable bonds is 5. The van der Waals surface area contributed by atoms with Crippen molar-refractivity contribution in [1.29, 1.82) is 0 Å². The van der Waals surface area contributed by atoms with Crippen LogP contribution in [0.25, 0.3) is 0 Å². The molecule has 1 aromatic heterocycles. The Labute approximate surface area is 128 Å². The molecule has 0 saturated heterocycles. The van der Waals surface area contributed by atoms with Crippen LogP contribution in [0.3, 0.4) is 0 Å². The minimum absolute atomic E-state index is 0.526. The third kappa shape index (κ3) is 3.82. The van der Waals surface area contributed by atoms with Crippen LogP contribution in [-0.2, 0) is 0 Å². The van der Waals surface area contributed by atoms with Crippen LogP contribution in [0.5, 0.6) is 0 Å². The molecule has 1 aliphatic rings. The Morgan fingerprint density at radius 3 is 2.75 bits per heavy atom. The van der Waals surface area contributed by atoms with Crippen LogP contribution in [0, 0.1) is 5.92 Å². The van der Waals surface area contributed by atoms with E-state index in [1.165, 1.54) is 12.7 Å². The number of hydrogen-bond acceptors (Lipinski definition) is 5. The van der Waals surface area contributed by atoms with Crippen LogP contribution in [0.2, 0.25) is 0 Å². The van der Waals surface area contributed by atoms with Gasteiger partial charge in [0.25, 0.3) is 0 Å². The summed E-state index contributed by atoms with van der Waals surface area (Å²) >= 11 is 3.51. The van der Waals surface area contributed by atoms with E-state index in [0.717, 1.165) is 41.9 Å². The molecule has 6 heteroatoms. The van der Waals surface area contributed by atoms with Gasteiger partial charge < -0.3 is 15.7 Å². The molecule has 112 valence electrons. The summed E-state index contributed by atoms with van der Waals surface area (Å²) in [4.78, 5) is 8.42. The highest BCUT2D eigenvalue weighted by Gasteiger charge is 2.32. The predicted molar refractivity (Wildman–Crippen MR) is 85.0 cm³/mol. The second-order valence-electron chi connectivity index (χ2n) is 5.69. The quantitative estimate of drug-likeness (QED) is 0.767. The molecule has 2 rings (SSSR count). The predicted octanol–water partition coefficient (Wildman–Crippen LogP) is 3.02. The zero-order valence-corrected chi connectivity index (χ0v) is 13.7. The van der Waals surface area contributed by atoms with Crippen LogP contribution in [-0.4, -0.2) is 33.8 Å². The van der Waals surface area contributed by atoms with Crippen LogP contribution < -0.4 is 10.6 Å². The normalized spacial score (nSPS) is 26.3. The van der Waals surface area contributed by atoms with E-state index in [4.69, 9.17) is 0 Å². The molecule has 5 nitrogen and oxygen atoms in total. The molecular formula is C14H23BrN4O. The molecule has 1 saturated carbocycles. The van der Waals surface area contributed by atoms with E-state index in [2.05, 4.69) is 43.5 Å². The van der Waals surface area contributed by atoms with Gasteiger partial charge in [0.05, 0.1) is 5.60 Å². The highest BCUT2D eigenvalue weighted by Crippen LogP contribution is 2.33. The third-order valence-electron chi connectivity index (χ3n) is 3.79. The van der Waals surface area contributed by atoms with E-state index in [9.17, 15) is 5.11 Å². The van der Waals surface area contributed by atoms with Gasteiger partial charge in [-0.25, -0.2) is 9.97 Å². The highest BCUT2D eigenvalue weighted by atomic mass is 79.9. The summed E-state index contributed by atoms with van der Waals surface area (Å²) in [6, 6.07) is 0. The number of anilines is 2. The van der Waals surface area contributed by atoms with Crippen molar-refractivity contribution in [3.05, 3.63) is 10.8 Å². The fourth-order valence-corrected chi connectivity index (χ4v) is 3.31. The number of aliphatic hydroxyl groups is 1. The van der Waals surface area contributed by atoms with Crippen molar-refractivity contribution in [2.75, 3.05) is 23.7 Å². The lowest BCUT2D eigenvalue weighted by atomic mass is 9.79. The zero-order chi connectivity index (χ0) is 14.6. The van der Waals surface area contributed by atoms with Gasteiger partial charge in [-0.1, -0.05) is 19.8 Å². The molecule has 3 N–H and O–H groups in total. The zero-order valence-electron chi connectivity index (χ0n) is 12.1. The summed E-state index contributed by atoms with van der Waals surface area (Å²) in [6.45, 7) is 5.55. The maximum atomic E-state index is 10.6. The Morgan fingerprint density at radius 1 is 1.40 bits per heavy atom. The summed E-state index contributed by atoms with van der Waals surface area (Å²) in [5.74, 6) is 2.08. The Balaban J connectivity index is 2.01. The first-order chi connectivity index (χ1) is 9.54. The second kappa shape index (κ2) is 6.72. The smallest absolute Gasteiger partial charge is 0.146 e. The van der Waals surface area contributed by atoms with E-state index in [-0.39, 0.29) is 0 Å². The Morgan fingerprint density at radius 2 is 2.10 bits per heavy atom. The van der Waals surface area contributed by atoms with Crippen LogP contribution >= 0.6 is 15.9 Å². The average Bonchev–Trinajstić information content (AvgIpc) is 2.40. The first-order valence-electron chi connectivity index (χ1n) is 7.24. The van der Waals surface area contributed by atoms with Crippen molar-refractivity contribution in [2.45, 2.75) is 45.1 Å². The fraction of sp³-hybridized carbons (Fsp3) is 0.714. The Kier molecular flexibility index (Phi) is 5.21. The summed E-state index contributed by atoms with van der Waals surface area (Å²) in [7, 11) is 0. The molecule has 1 aromatic rings. The number of halogens is 1. The van der Waals surface area contributed by atoms with Gasteiger partial charge in [0, 0.05) is 13.1 Å². The van der Waals surface area contributed by atoms with Gasteiger partial charge in [-0.3, -0.25) is 0 Å². The number of hydrogen-bond donors (Lipinski definition) is 3. The lowest BCUT2D eigenvalue weighted by Crippen LogP contribution is -2.41. The van der Waals surface area contributed by atoms with E-state index in [1.54, 1.807) is 0 Å². The molecule has 20 heavy (non-hydrogen) atoms.